The van der Waals surface area contributed by atoms with E-state index in [1.165, 1.54) is 0 Å². The summed E-state index contributed by atoms with van der Waals surface area (Å²) >= 11 is 0. The third kappa shape index (κ3) is 3.05. The SMILES string of the molecule is CCOC(=O)C1=C(C)NC(=O)N[C@@H]1c1ccc(OC)c(C)c1. The zero-order valence-electron chi connectivity index (χ0n) is 13.1. The van der Waals surface area contributed by atoms with Gasteiger partial charge < -0.3 is 20.1 Å². The fourth-order valence-electron chi connectivity index (χ4n) is 2.50. The second kappa shape index (κ2) is 6.51. The first-order chi connectivity index (χ1) is 10.5. The molecule has 1 atom stereocenters. The van der Waals surface area contributed by atoms with Gasteiger partial charge in [0, 0.05) is 5.70 Å². The molecule has 1 heterocycles. The van der Waals surface area contributed by atoms with Crippen LogP contribution in [0.4, 0.5) is 4.79 Å². The number of hydrogen-bond donors (Lipinski definition) is 2. The van der Waals surface area contributed by atoms with Gasteiger partial charge in [0.2, 0.25) is 0 Å². The minimum Gasteiger partial charge on any atom is -0.496 e. The number of rotatable bonds is 4. The number of carbonyl (C=O) groups is 2. The lowest BCUT2D eigenvalue weighted by atomic mass is 9.94. The predicted octanol–water partition coefficient (Wildman–Crippen LogP) is 2.19. The van der Waals surface area contributed by atoms with Crippen LogP contribution in [0.25, 0.3) is 0 Å². The highest BCUT2D eigenvalue weighted by molar-refractivity contribution is 5.95. The Balaban J connectivity index is 2.45. The molecule has 0 saturated carbocycles. The van der Waals surface area contributed by atoms with E-state index in [0.717, 1.165) is 16.9 Å². The minimum atomic E-state index is -0.544. The lowest BCUT2D eigenvalue weighted by molar-refractivity contribution is -0.139. The Morgan fingerprint density at radius 3 is 2.64 bits per heavy atom. The highest BCUT2D eigenvalue weighted by Gasteiger charge is 2.32. The average molecular weight is 304 g/mol. The fraction of sp³-hybridized carbons (Fsp3) is 0.375. The van der Waals surface area contributed by atoms with E-state index < -0.39 is 12.0 Å². The van der Waals surface area contributed by atoms with Crippen LogP contribution in [0.3, 0.4) is 0 Å². The van der Waals surface area contributed by atoms with E-state index in [0.29, 0.717) is 11.3 Å². The van der Waals surface area contributed by atoms with E-state index in [2.05, 4.69) is 10.6 Å². The summed E-state index contributed by atoms with van der Waals surface area (Å²) in [4.78, 5) is 24.0. The third-order valence-electron chi connectivity index (χ3n) is 3.52. The smallest absolute Gasteiger partial charge is 0.338 e. The number of methoxy groups -OCH3 is 1. The number of urea groups is 1. The van der Waals surface area contributed by atoms with E-state index in [4.69, 9.17) is 9.47 Å². The average Bonchev–Trinajstić information content (AvgIpc) is 2.46. The van der Waals surface area contributed by atoms with Gasteiger partial charge in [0.25, 0.3) is 0 Å². The van der Waals surface area contributed by atoms with E-state index >= 15 is 0 Å². The van der Waals surface area contributed by atoms with E-state index in [1.54, 1.807) is 21.0 Å². The van der Waals surface area contributed by atoms with Crippen LogP contribution in [0.15, 0.2) is 29.5 Å². The van der Waals surface area contributed by atoms with Gasteiger partial charge in [-0.15, -0.1) is 0 Å². The summed E-state index contributed by atoms with van der Waals surface area (Å²) in [6.07, 6.45) is 0. The number of allylic oxidation sites excluding steroid dienone is 1. The molecule has 2 rings (SSSR count). The van der Waals surface area contributed by atoms with Crippen LogP contribution in [0.2, 0.25) is 0 Å². The monoisotopic (exact) mass is 304 g/mol. The number of nitrogens with one attached hydrogen (secondary N) is 2. The number of aryl methyl sites for hydroxylation is 1. The summed E-state index contributed by atoms with van der Waals surface area (Å²) in [6, 6.07) is 4.65. The minimum absolute atomic E-state index is 0.276. The summed E-state index contributed by atoms with van der Waals surface area (Å²) in [6.45, 7) is 5.62. The molecule has 1 aliphatic rings. The molecule has 6 nitrogen and oxygen atoms in total. The van der Waals surface area contributed by atoms with E-state index in [-0.39, 0.29) is 12.6 Å². The summed E-state index contributed by atoms with van der Waals surface area (Å²) in [5.74, 6) is 0.313. The lowest BCUT2D eigenvalue weighted by Crippen LogP contribution is -2.45. The summed E-state index contributed by atoms with van der Waals surface area (Å²) in [7, 11) is 1.60. The van der Waals surface area contributed by atoms with Crippen molar-refractivity contribution >= 4 is 12.0 Å². The molecular weight excluding hydrogens is 284 g/mol. The molecule has 6 heteroatoms. The van der Waals surface area contributed by atoms with Gasteiger partial charge >= 0.3 is 12.0 Å². The van der Waals surface area contributed by atoms with Crippen LogP contribution >= 0.6 is 0 Å². The van der Waals surface area contributed by atoms with Crippen molar-refractivity contribution in [1.29, 1.82) is 0 Å². The molecule has 1 aromatic carbocycles. The number of amides is 2. The Kier molecular flexibility index (Phi) is 4.70. The molecule has 0 bridgehead atoms. The summed E-state index contributed by atoms with van der Waals surface area (Å²) < 4.78 is 10.3. The molecule has 0 saturated heterocycles. The molecule has 2 amide bonds. The Labute approximate surface area is 129 Å². The van der Waals surface area contributed by atoms with Gasteiger partial charge in [-0.05, 0) is 44.0 Å². The van der Waals surface area contributed by atoms with Crippen LogP contribution in [0, 0.1) is 6.92 Å². The number of ether oxygens (including phenoxy) is 2. The predicted molar refractivity (Wildman–Crippen MR) is 81.5 cm³/mol. The topological polar surface area (TPSA) is 76.7 Å². The van der Waals surface area contributed by atoms with Crippen molar-refractivity contribution in [2.75, 3.05) is 13.7 Å². The second-order valence-corrected chi connectivity index (χ2v) is 5.02. The van der Waals surface area contributed by atoms with Crippen molar-refractivity contribution in [2.24, 2.45) is 0 Å². The molecule has 0 unspecified atom stereocenters. The second-order valence-electron chi connectivity index (χ2n) is 5.02. The van der Waals surface area contributed by atoms with Gasteiger partial charge in [-0.25, -0.2) is 9.59 Å². The zero-order chi connectivity index (χ0) is 16.3. The van der Waals surface area contributed by atoms with Crippen molar-refractivity contribution in [1.82, 2.24) is 10.6 Å². The summed E-state index contributed by atoms with van der Waals surface area (Å²) in [5, 5.41) is 5.38. The Hall–Kier alpha value is -2.50. The number of benzene rings is 1. The van der Waals surface area contributed by atoms with Gasteiger partial charge in [-0.2, -0.15) is 0 Å². The normalized spacial score (nSPS) is 17.6. The maximum Gasteiger partial charge on any atom is 0.338 e. The first-order valence-electron chi connectivity index (χ1n) is 7.07. The highest BCUT2D eigenvalue weighted by atomic mass is 16.5. The first-order valence-corrected chi connectivity index (χ1v) is 7.07. The van der Waals surface area contributed by atoms with Crippen molar-refractivity contribution in [3.63, 3.8) is 0 Å². The van der Waals surface area contributed by atoms with Gasteiger partial charge in [0.05, 0.1) is 25.3 Å². The molecule has 1 aliphatic heterocycles. The first kappa shape index (κ1) is 15.9. The standard InChI is InChI=1S/C16H20N2O4/c1-5-22-15(19)13-10(3)17-16(20)18-14(13)11-6-7-12(21-4)9(2)8-11/h6-8,14H,5H2,1-4H3,(H2,17,18,20)/t14-/m1/s1. The van der Waals surface area contributed by atoms with Crippen LogP contribution in [-0.2, 0) is 9.53 Å². The maximum atomic E-state index is 12.2. The molecule has 118 valence electrons. The molecule has 0 spiro atoms. The molecule has 2 N–H and O–H groups in total. The van der Waals surface area contributed by atoms with Crippen molar-refractivity contribution in [3.05, 3.63) is 40.6 Å². The molecule has 1 aromatic rings. The van der Waals surface area contributed by atoms with Gasteiger partial charge in [-0.3, -0.25) is 0 Å². The van der Waals surface area contributed by atoms with Gasteiger partial charge in [0.15, 0.2) is 0 Å². The zero-order valence-corrected chi connectivity index (χ0v) is 13.1. The molecular formula is C16H20N2O4. The van der Waals surface area contributed by atoms with E-state index in [1.807, 2.05) is 25.1 Å². The van der Waals surface area contributed by atoms with E-state index in [9.17, 15) is 9.59 Å². The highest BCUT2D eigenvalue weighted by Crippen LogP contribution is 2.30. The van der Waals surface area contributed by atoms with Crippen molar-refractivity contribution in [3.8, 4) is 5.75 Å². The Morgan fingerprint density at radius 1 is 1.32 bits per heavy atom. The molecule has 0 fully saturated rings. The third-order valence-corrected chi connectivity index (χ3v) is 3.52. The Morgan fingerprint density at radius 2 is 2.05 bits per heavy atom. The quantitative estimate of drug-likeness (QED) is 0.836. The lowest BCUT2D eigenvalue weighted by Gasteiger charge is -2.28. The maximum absolute atomic E-state index is 12.2. The largest absolute Gasteiger partial charge is 0.496 e. The number of hydrogen-bond acceptors (Lipinski definition) is 4. The van der Waals surface area contributed by atoms with Crippen LogP contribution in [-0.4, -0.2) is 25.7 Å². The van der Waals surface area contributed by atoms with Crippen molar-refractivity contribution in [2.45, 2.75) is 26.8 Å². The van der Waals surface area contributed by atoms with Crippen LogP contribution in [0.5, 0.6) is 5.75 Å². The Bertz CT molecular complexity index is 637. The molecule has 22 heavy (non-hydrogen) atoms. The van der Waals surface area contributed by atoms with Gasteiger partial charge in [-0.1, -0.05) is 6.07 Å². The van der Waals surface area contributed by atoms with Crippen LogP contribution in [0.1, 0.15) is 31.0 Å². The molecule has 0 aromatic heterocycles. The van der Waals surface area contributed by atoms with Gasteiger partial charge in [0.1, 0.15) is 5.75 Å². The fourth-order valence-corrected chi connectivity index (χ4v) is 2.50. The molecule has 0 aliphatic carbocycles. The van der Waals surface area contributed by atoms with Crippen LogP contribution < -0.4 is 15.4 Å². The number of esters is 1. The molecule has 0 radical (unpaired) electrons. The number of carbonyl (C=O) groups excluding carboxylic acids is 2. The van der Waals surface area contributed by atoms with Crippen molar-refractivity contribution < 1.29 is 19.1 Å². The summed E-state index contributed by atoms with van der Waals surface area (Å²) in [5.41, 5.74) is 2.64.